The number of hydrogen-bond donors (Lipinski definition) is 1. The van der Waals surface area contributed by atoms with Gasteiger partial charge in [-0.1, -0.05) is 39.0 Å². The molecule has 118 valence electrons. The first-order valence-electron chi connectivity index (χ1n) is 8.80. The summed E-state index contributed by atoms with van der Waals surface area (Å²) < 4.78 is 0. The van der Waals surface area contributed by atoms with Gasteiger partial charge in [0.15, 0.2) is 0 Å². The highest BCUT2D eigenvalue weighted by Gasteiger charge is 2.52. The molecule has 2 amide bonds. The minimum Gasteiger partial charge on any atom is -0.342 e. The maximum absolute atomic E-state index is 12.9. The molecule has 3 fully saturated rings. The zero-order chi connectivity index (χ0) is 14.9. The van der Waals surface area contributed by atoms with Crippen LogP contribution in [0.5, 0.6) is 0 Å². The maximum atomic E-state index is 12.9. The molecule has 2 aliphatic carbocycles. The van der Waals surface area contributed by atoms with Crippen molar-refractivity contribution in [2.24, 2.45) is 5.92 Å². The van der Waals surface area contributed by atoms with Crippen LogP contribution in [0.1, 0.15) is 71.1 Å². The van der Waals surface area contributed by atoms with Crippen LogP contribution in [-0.4, -0.2) is 34.8 Å². The number of nitrogens with zero attached hydrogens (tertiary/aromatic N) is 1. The van der Waals surface area contributed by atoms with Gasteiger partial charge < -0.3 is 10.2 Å². The predicted octanol–water partition coefficient (Wildman–Crippen LogP) is 2.62. The van der Waals surface area contributed by atoms with Crippen molar-refractivity contribution in [3.05, 3.63) is 0 Å². The fourth-order valence-electron chi connectivity index (χ4n) is 4.50. The molecule has 1 N–H and O–H groups in total. The van der Waals surface area contributed by atoms with Crippen LogP contribution in [0.15, 0.2) is 0 Å². The van der Waals surface area contributed by atoms with E-state index in [1.165, 1.54) is 32.1 Å². The summed E-state index contributed by atoms with van der Waals surface area (Å²) in [5.41, 5.74) is -0.524. The fourth-order valence-corrected chi connectivity index (χ4v) is 4.50. The molecule has 0 aromatic heterocycles. The molecule has 3 aliphatic rings. The highest BCUT2D eigenvalue weighted by atomic mass is 16.2. The molecular formula is C17H28N2O2. The molecule has 0 aromatic rings. The minimum absolute atomic E-state index is 0.117. The van der Waals surface area contributed by atoms with Crippen molar-refractivity contribution < 1.29 is 9.59 Å². The van der Waals surface area contributed by atoms with Gasteiger partial charge in [0.25, 0.3) is 0 Å². The summed E-state index contributed by atoms with van der Waals surface area (Å²) in [5, 5.41) is 3.00. The first-order valence-corrected chi connectivity index (χ1v) is 8.80. The maximum Gasteiger partial charge on any atom is 0.246 e. The van der Waals surface area contributed by atoms with E-state index in [1.807, 2.05) is 11.8 Å². The number of amides is 2. The van der Waals surface area contributed by atoms with Gasteiger partial charge in [0.2, 0.25) is 11.8 Å². The molecule has 2 saturated carbocycles. The van der Waals surface area contributed by atoms with E-state index in [4.69, 9.17) is 0 Å². The lowest BCUT2D eigenvalue weighted by atomic mass is 9.76. The van der Waals surface area contributed by atoms with E-state index >= 15 is 0 Å². The molecule has 1 spiro atoms. The fraction of sp³-hybridized carbons (Fsp3) is 0.882. The zero-order valence-electron chi connectivity index (χ0n) is 13.2. The third-order valence-corrected chi connectivity index (χ3v) is 5.81. The number of carbonyl (C=O) groups excluding carboxylic acids is 2. The number of nitrogens with one attached hydrogen (secondary N) is 1. The Labute approximate surface area is 127 Å². The van der Waals surface area contributed by atoms with Gasteiger partial charge in [-0.15, -0.1) is 0 Å². The molecule has 1 saturated heterocycles. The summed E-state index contributed by atoms with van der Waals surface area (Å²) in [6, 6.07) is -0.300. The van der Waals surface area contributed by atoms with Crippen LogP contribution in [0.4, 0.5) is 0 Å². The van der Waals surface area contributed by atoms with E-state index in [9.17, 15) is 9.59 Å². The van der Waals surface area contributed by atoms with Crippen LogP contribution in [-0.2, 0) is 9.59 Å². The van der Waals surface area contributed by atoms with Gasteiger partial charge in [-0.3, -0.25) is 9.59 Å². The van der Waals surface area contributed by atoms with Crippen LogP contribution in [0.3, 0.4) is 0 Å². The summed E-state index contributed by atoms with van der Waals surface area (Å²) >= 11 is 0. The molecule has 1 aliphatic heterocycles. The predicted molar refractivity (Wildman–Crippen MR) is 81.7 cm³/mol. The SMILES string of the molecule is CCC1NC(=O)C2(CCCCC2)N(CC2CCCC2)C1=O. The van der Waals surface area contributed by atoms with Gasteiger partial charge in [-0.2, -0.15) is 0 Å². The molecule has 3 rings (SSSR count). The minimum atomic E-state index is -0.524. The number of carbonyl (C=O) groups is 2. The summed E-state index contributed by atoms with van der Waals surface area (Å²) in [6.45, 7) is 2.79. The molecule has 0 bridgehead atoms. The largest absolute Gasteiger partial charge is 0.342 e. The van der Waals surface area contributed by atoms with Crippen LogP contribution in [0.2, 0.25) is 0 Å². The first-order chi connectivity index (χ1) is 10.2. The Balaban J connectivity index is 1.86. The van der Waals surface area contributed by atoms with Gasteiger partial charge in [0.1, 0.15) is 11.6 Å². The van der Waals surface area contributed by atoms with Crippen molar-refractivity contribution in [3.8, 4) is 0 Å². The Hall–Kier alpha value is -1.06. The lowest BCUT2D eigenvalue weighted by Crippen LogP contribution is -2.71. The average Bonchev–Trinajstić information content (AvgIpc) is 3.02. The Morgan fingerprint density at radius 2 is 1.76 bits per heavy atom. The third-order valence-electron chi connectivity index (χ3n) is 5.81. The summed E-state index contributed by atoms with van der Waals surface area (Å²) in [7, 11) is 0. The van der Waals surface area contributed by atoms with Crippen molar-refractivity contribution >= 4 is 11.8 Å². The highest BCUT2D eigenvalue weighted by Crippen LogP contribution is 2.39. The van der Waals surface area contributed by atoms with Crippen molar-refractivity contribution in [1.29, 1.82) is 0 Å². The molecule has 4 nitrogen and oxygen atoms in total. The monoisotopic (exact) mass is 292 g/mol. The van der Waals surface area contributed by atoms with Crippen molar-refractivity contribution in [2.45, 2.75) is 82.7 Å². The molecule has 1 unspecified atom stereocenters. The van der Waals surface area contributed by atoms with Gasteiger partial charge in [-0.25, -0.2) is 0 Å². The van der Waals surface area contributed by atoms with E-state index in [1.54, 1.807) is 0 Å². The first kappa shape index (κ1) is 14.9. The van der Waals surface area contributed by atoms with Crippen molar-refractivity contribution in [2.75, 3.05) is 6.54 Å². The quantitative estimate of drug-likeness (QED) is 0.869. The number of rotatable bonds is 3. The molecule has 0 aromatic carbocycles. The summed E-state index contributed by atoms with van der Waals surface area (Å²) in [4.78, 5) is 27.6. The van der Waals surface area contributed by atoms with Gasteiger partial charge in [0, 0.05) is 6.54 Å². The number of hydrogen-bond acceptors (Lipinski definition) is 2. The second-order valence-corrected chi connectivity index (χ2v) is 7.13. The Bertz CT molecular complexity index is 409. The summed E-state index contributed by atoms with van der Waals surface area (Å²) in [6.07, 6.45) is 10.7. The molecule has 0 radical (unpaired) electrons. The van der Waals surface area contributed by atoms with Crippen LogP contribution in [0, 0.1) is 5.92 Å². The molecular weight excluding hydrogens is 264 g/mol. The lowest BCUT2D eigenvalue weighted by Gasteiger charge is -2.50. The van der Waals surface area contributed by atoms with E-state index in [0.29, 0.717) is 12.3 Å². The Kier molecular flexibility index (Phi) is 4.23. The number of piperazine rings is 1. The molecule has 21 heavy (non-hydrogen) atoms. The smallest absolute Gasteiger partial charge is 0.246 e. The third kappa shape index (κ3) is 2.58. The van der Waals surface area contributed by atoms with Gasteiger partial charge in [-0.05, 0) is 38.0 Å². The highest BCUT2D eigenvalue weighted by molar-refractivity contribution is 5.99. The van der Waals surface area contributed by atoms with Gasteiger partial charge >= 0.3 is 0 Å². The molecule has 4 heteroatoms. The standard InChI is InChI=1S/C17H28N2O2/c1-2-14-15(20)19(12-13-8-4-5-9-13)17(16(21)18-14)10-6-3-7-11-17/h13-14H,2-12H2,1H3,(H,18,21). The van der Waals surface area contributed by atoms with E-state index in [2.05, 4.69) is 5.32 Å². The van der Waals surface area contributed by atoms with Crippen LogP contribution in [0.25, 0.3) is 0 Å². The Morgan fingerprint density at radius 1 is 1.10 bits per heavy atom. The molecule has 1 heterocycles. The van der Waals surface area contributed by atoms with E-state index < -0.39 is 5.54 Å². The normalized spacial score (nSPS) is 30.0. The second kappa shape index (κ2) is 5.98. The average molecular weight is 292 g/mol. The van der Waals surface area contributed by atoms with E-state index in [0.717, 1.165) is 32.2 Å². The lowest BCUT2D eigenvalue weighted by molar-refractivity contribution is -0.161. The zero-order valence-corrected chi connectivity index (χ0v) is 13.2. The van der Waals surface area contributed by atoms with Gasteiger partial charge in [0.05, 0.1) is 0 Å². The van der Waals surface area contributed by atoms with E-state index in [-0.39, 0.29) is 17.9 Å². The summed E-state index contributed by atoms with van der Waals surface area (Å²) in [5.74, 6) is 0.897. The second-order valence-electron chi connectivity index (χ2n) is 7.13. The topological polar surface area (TPSA) is 49.4 Å². The molecule has 1 atom stereocenters. The van der Waals surface area contributed by atoms with Crippen molar-refractivity contribution in [3.63, 3.8) is 0 Å². The van der Waals surface area contributed by atoms with Crippen LogP contribution < -0.4 is 5.32 Å². The van der Waals surface area contributed by atoms with Crippen LogP contribution >= 0.6 is 0 Å². The van der Waals surface area contributed by atoms with Crippen molar-refractivity contribution in [1.82, 2.24) is 10.2 Å². The Morgan fingerprint density at radius 3 is 2.38 bits per heavy atom.